The van der Waals surface area contributed by atoms with Gasteiger partial charge < -0.3 is 10.0 Å². The topological polar surface area (TPSA) is 57.6 Å². The molecule has 0 aliphatic carbocycles. The molecule has 4 nitrogen and oxygen atoms in total. The number of rotatable bonds is 3. The van der Waals surface area contributed by atoms with Gasteiger partial charge in [0.15, 0.2) is 0 Å². The van der Waals surface area contributed by atoms with Crippen LogP contribution in [0.4, 0.5) is 8.78 Å². The molecule has 0 spiro atoms. The minimum Gasteiger partial charge on any atom is -0.481 e. The van der Waals surface area contributed by atoms with E-state index in [1.165, 1.54) is 23.1 Å². The zero-order chi connectivity index (χ0) is 14.9. The van der Waals surface area contributed by atoms with Crippen LogP contribution in [0, 0.1) is 11.8 Å². The van der Waals surface area contributed by atoms with Gasteiger partial charge in [0.1, 0.15) is 0 Å². The first-order chi connectivity index (χ1) is 9.40. The molecule has 1 aliphatic heterocycles. The highest BCUT2D eigenvalue weighted by Gasteiger charge is 2.37. The first kappa shape index (κ1) is 14.4. The Morgan fingerprint density at radius 2 is 2.05 bits per heavy atom. The number of likely N-dealkylation sites (tertiary alicyclic amines) is 1. The van der Waals surface area contributed by atoms with Crippen molar-refractivity contribution in [2.45, 2.75) is 13.3 Å². The van der Waals surface area contributed by atoms with E-state index in [-0.39, 0.29) is 23.6 Å². The third-order valence-corrected chi connectivity index (χ3v) is 3.60. The highest BCUT2D eigenvalue weighted by Crippen LogP contribution is 2.26. The monoisotopic (exact) mass is 283 g/mol. The van der Waals surface area contributed by atoms with Crippen LogP contribution in [0.3, 0.4) is 0 Å². The van der Waals surface area contributed by atoms with Crippen LogP contribution in [0.2, 0.25) is 0 Å². The van der Waals surface area contributed by atoms with Crippen LogP contribution >= 0.6 is 0 Å². The normalized spacial score (nSPS) is 22.3. The molecule has 1 saturated heterocycles. The summed E-state index contributed by atoms with van der Waals surface area (Å²) >= 11 is 0. The van der Waals surface area contributed by atoms with Gasteiger partial charge in [0, 0.05) is 24.2 Å². The van der Waals surface area contributed by atoms with E-state index in [1.807, 2.05) is 0 Å². The highest BCUT2D eigenvalue weighted by molar-refractivity contribution is 5.95. The number of carbonyl (C=O) groups is 2. The summed E-state index contributed by atoms with van der Waals surface area (Å²) in [6.45, 7) is 2.21. The average molecular weight is 283 g/mol. The third kappa shape index (κ3) is 2.79. The Labute approximate surface area is 115 Å². The van der Waals surface area contributed by atoms with E-state index >= 15 is 0 Å². The molecular weight excluding hydrogens is 268 g/mol. The Hall–Kier alpha value is -1.98. The Morgan fingerprint density at radius 1 is 1.35 bits per heavy atom. The number of hydrogen-bond donors (Lipinski definition) is 1. The van der Waals surface area contributed by atoms with Crippen LogP contribution in [0.15, 0.2) is 24.3 Å². The molecule has 1 aliphatic rings. The lowest BCUT2D eigenvalue weighted by Gasteiger charge is -2.16. The summed E-state index contributed by atoms with van der Waals surface area (Å²) in [4.78, 5) is 24.7. The first-order valence-electron chi connectivity index (χ1n) is 6.30. The lowest BCUT2D eigenvalue weighted by Crippen LogP contribution is -2.30. The Bertz CT molecular complexity index is 533. The van der Waals surface area contributed by atoms with E-state index in [1.54, 1.807) is 6.92 Å². The summed E-state index contributed by atoms with van der Waals surface area (Å²) in [6, 6.07) is 5.29. The molecule has 1 heterocycles. The largest absolute Gasteiger partial charge is 0.481 e. The van der Waals surface area contributed by atoms with Gasteiger partial charge in [0.25, 0.3) is 12.3 Å². The van der Waals surface area contributed by atoms with Crippen LogP contribution < -0.4 is 0 Å². The lowest BCUT2D eigenvalue weighted by atomic mass is 9.99. The molecule has 2 atom stereocenters. The maximum Gasteiger partial charge on any atom is 0.308 e. The second kappa shape index (κ2) is 5.56. The fourth-order valence-electron chi connectivity index (χ4n) is 2.44. The number of carboxylic acids is 1. The van der Waals surface area contributed by atoms with Crippen molar-refractivity contribution in [2.75, 3.05) is 13.1 Å². The Balaban J connectivity index is 2.16. The van der Waals surface area contributed by atoms with Gasteiger partial charge in [-0.15, -0.1) is 0 Å². The Kier molecular flexibility index (Phi) is 4.01. The van der Waals surface area contributed by atoms with Crippen LogP contribution in [-0.4, -0.2) is 35.0 Å². The van der Waals surface area contributed by atoms with Crippen molar-refractivity contribution in [3.05, 3.63) is 35.4 Å². The van der Waals surface area contributed by atoms with Crippen LogP contribution in [0.1, 0.15) is 29.3 Å². The number of carboxylic acid groups (broad SMARTS) is 1. The zero-order valence-corrected chi connectivity index (χ0v) is 10.9. The molecule has 0 aromatic heterocycles. The Morgan fingerprint density at radius 3 is 2.60 bits per heavy atom. The van der Waals surface area contributed by atoms with Crippen molar-refractivity contribution in [1.82, 2.24) is 4.90 Å². The number of carbonyl (C=O) groups excluding carboxylic acids is 1. The van der Waals surface area contributed by atoms with Gasteiger partial charge in [-0.1, -0.05) is 19.1 Å². The maximum absolute atomic E-state index is 12.6. The number of hydrogen-bond acceptors (Lipinski definition) is 2. The fourth-order valence-corrected chi connectivity index (χ4v) is 2.44. The molecule has 20 heavy (non-hydrogen) atoms. The van der Waals surface area contributed by atoms with Gasteiger partial charge in [-0.3, -0.25) is 9.59 Å². The van der Waals surface area contributed by atoms with Crippen molar-refractivity contribution >= 4 is 11.9 Å². The molecule has 1 fully saturated rings. The van der Waals surface area contributed by atoms with E-state index in [0.29, 0.717) is 6.54 Å². The number of alkyl halides is 2. The van der Waals surface area contributed by atoms with Crippen molar-refractivity contribution in [2.24, 2.45) is 11.8 Å². The van der Waals surface area contributed by atoms with E-state index in [4.69, 9.17) is 5.11 Å². The van der Waals surface area contributed by atoms with Gasteiger partial charge in [0.2, 0.25) is 0 Å². The molecule has 0 radical (unpaired) electrons. The van der Waals surface area contributed by atoms with E-state index < -0.39 is 24.2 Å². The summed E-state index contributed by atoms with van der Waals surface area (Å²) in [5.74, 6) is -2.08. The van der Waals surface area contributed by atoms with Gasteiger partial charge in [0.05, 0.1) is 5.92 Å². The van der Waals surface area contributed by atoms with Crippen LogP contribution in [-0.2, 0) is 4.79 Å². The van der Waals surface area contributed by atoms with Crippen molar-refractivity contribution in [1.29, 1.82) is 0 Å². The number of amides is 1. The summed E-state index contributed by atoms with van der Waals surface area (Å²) in [6.07, 6.45) is -2.63. The molecular formula is C14H15F2NO3. The summed E-state index contributed by atoms with van der Waals surface area (Å²) in [7, 11) is 0. The van der Waals surface area contributed by atoms with Crippen LogP contribution in [0.25, 0.3) is 0 Å². The molecule has 1 N–H and O–H groups in total. The summed E-state index contributed by atoms with van der Waals surface area (Å²) < 4.78 is 25.2. The summed E-state index contributed by atoms with van der Waals surface area (Å²) in [5.41, 5.74) is -0.0427. The molecule has 2 rings (SSSR count). The molecule has 0 bridgehead atoms. The second-order valence-corrected chi connectivity index (χ2v) is 5.06. The minimum atomic E-state index is -2.63. The number of nitrogens with zero attached hydrogens (tertiary/aromatic N) is 1. The predicted molar refractivity (Wildman–Crippen MR) is 67.6 cm³/mol. The molecule has 108 valence electrons. The van der Waals surface area contributed by atoms with Gasteiger partial charge >= 0.3 is 5.97 Å². The number of aliphatic carboxylic acids is 1. The molecule has 6 heteroatoms. The number of halogens is 2. The van der Waals surface area contributed by atoms with Gasteiger partial charge in [-0.05, 0) is 18.1 Å². The van der Waals surface area contributed by atoms with E-state index in [2.05, 4.69) is 0 Å². The van der Waals surface area contributed by atoms with E-state index in [0.717, 1.165) is 6.07 Å². The van der Waals surface area contributed by atoms with Crippen LogP contribution in [0.5, 0.6) is 0 Å². The number of benzene rings is 1. The molecule has 0 unspecified atom stereocenters. The zero-order valence-electron chi connectivity index (χ0n) is 10.9. The summed E-state index contributed by atoms with van der Waals surface area (Å²) in [5, 5.41) is 9.03. The van der Waals surface area contributed by atoms with Crippen molar-refractivity contribution in [3.63, 3.8) is 0 Å². The highest BCUT2D eigenvalue weighted by atomic mass is 19.3. The maximum atomic E-state index is 12.6. The lowest BCUT2D eigenvalue weighted by molar-refractivity contribution is -0.142. The minimum absolute atomic E-state index is 0.119. The van der Waals surface area contributed by atoms with Crippen molar-refractivity contribution < 1.29 is 23.5 Å². The predicted octanol–water partition coefficient (Wildman–Crippen LogP) is 2.42. The van der Waals surface area contributed by atoms with Gasteiger partial charge in [-0.2, -0.15) is 0 Å². The van der Waals surface area contributed by atoms with Crippen molar-refractivity contribution in [3.8, 4) is 0 Å². The molecule has 1 aromatic carbocycles. The third-order valence-electron chi connectivity index (χ3n) is 3.60. The van der Waals surface area contributed by atoms with Gasteiger partial charge in [-0.25, -0.2) is 8.78 Å². The first-order valence-corrected chi connectivity index (χ1v) is 6.30. The SMILES string of the molecule is C[C@@H]1CN(C(=O)c2cccc(C(F)F)c2)C[C@H]1C(=O)O. The molecule has 0 saturated carbocycles. The standard InChI is InChI=1S/C14H15F2NO3/c1-8-6-17(7-11(8)14(19)20)13(18)10-4-2-3-9(5-10)12(15)16/h2-5,8,11-12H,6-7H2,1H3,(H,19,20)/t8-,11-/m1/s1. The second-order valence-electron chi connectivity index (χ2n) is 5.06. The molecule has 1 aromatic rings. The van der Waals surface area contributed by atoms with E-state index in [9.17, 15) is 18.4 Å². The quantitative estimate of drug-likeness (QED) is 0.926. The fraction of sp³-hybridized carbons (Fsp3) is 0.429. The average Bonchev–Trinajstić information content (AvgIpc) is 2.80. The smallest absolute Gasteiger partial charge is 0.308 e. The molecule has 1 amide bonds.